The van der Waals surface area contributed by atoms with Gasteiger partial charge in [0.25, 0.3) is 5.91 Å². The molecule has 0 unspecified atom stereocenters. The summed E-state index contributed by atoms with van der Waals surface area (Å²) in [4.78, 5) is 12.5. The zero-order valence-electron chi connectivity index (χ0n) is 16.2. The Labute approximate surface area is 171 Å². The summed E-state index contributed by atoms with van der Waals surface area (Å²) in [6.45, 7) is 2.79. The number of hydrogen-bond donors (Lipinski definition) is 1. The molecule has 8 heteroatoms. The highest BCUT2D eigenvalue weighted by Gasteiger charge is 2.20. The highest BCUT2D eigenvalue weighted by atomic mass is 35.5. The molecule has 2 aromatic rings. The Kier molecular flexibility index (Phi) is 7.86. The summed E-state index contributed by atoms with van der Waals surface area (Å²) in [5.41, 5.74) is 1.08. The number of nitrogens with one attached hydrogen (secondary N) is 1. The third-order valence-electron chi connectivity index (χ3n) is 4.17. The molecule has 0 saturated heterocycles. The van der Waals surface area contributed by atoms with Crippen molar-refractivity contribution >= 4 is 27.5 Å². The van der Waals surface area contributed by atoms with E-state index in [9.17, 15) is 13.2 Å². The number of unbranched alkanes of at least 4 members (excludes halogenated alkanes) is 1. The van der Waals surface area contributed by atoms with Crippen LogP contribution < -0.4 is 10.1 Å². The van der Waals surface area contributed by atoms with Crippen LogP contribution in [-0.4, -0.2) is 45.9 Å². The van der Waals surface area contributed by atoms with E-state index in [1.165, 1.54) is 26.2 Å². The summed E-state index contributed by atoms with van der Waals surface area (Å²) >= 11 is 5.82. The number of benzene rings is 2. The molecule has 28 heavy (non-hydrogen) atoms. The number of sulfonamides is 1. The molecule has 152 valence electrons. The van der Waals surface area contributed by atoms with Gasteiger partial charge in [0.2, 0.25) is 10.0 Å². The van der Waals surface area contributed by atoms with Crippen molar-refractivity contribution in [2.75, 3.05) is 27.2 Å². The number of nitrogens with zero attached hydrogens (tertiary/aromatic N) is 1. The van der Waals surface area contributed by atoms with Crippen LogP contribution in [0, 0.1) is 6.92 Å². The molecular formula is C20H25ClN2O4S. The molecule has 0 aromatic heterocycles. The molecule has 0 spiro atoms. The molecule has 0 fully saturated rings. The molecule has 0 aliphatic rings. The predicted molar refractivity (Wildman–Crippen MR) is 111 cm³/mol. The molecule has 0 radical (unpaired) electrons. The summed E-state index contributed by atoms with van der Waals surface area (Å²) in [6, 6.07) is 11.7. The van der Waals surface area contributed by atoms with E-state index in [2.05, 4.69) is 5.32 Å². The lowest BCUT2D eigenvalue weighted by atomic mass is 10.1. The predicted octanol–water partition coefficient (Wildman–Crippen LogP) is 3.49. The van der Waals surface area contributed by atoms with Gasteiger partial charge in [0.1, 0.15) is 5.75 Å². The number of carbonyl (C=O) groups is 1. The van der Waals surface area contributed by atoms with Crippen LogP contribution in [0.3, 0.4) is 0 Å². The summed E-state index contributed by atoms with van der Waals surface area (Å²) in [5, 5.41) is 3.49. The topological polar surface area (TPSA) is 75.7 Å². The first-order chi connectivity index (χ1) is 13.2. The molecule has 0 bridgehead atoms. The second-order valence-electron chi connectivity index (χ2n) is 6.53. The number of hydrogen-bond acceptors (Lipinski definition) is 4. The molecular weight excluding hydrogens is 400 g/mol. The highest BCUT2D eigenvalue weighted by Crippen LogP contribution is 2.18. The molecule has 0 heterocycles. The molecule has 2 rings (SSSR count). The SMILES string of the molecule is Cc1ccc(S(=O)(=O)N(C)C)cc1C(=O)NCCCCOc1ccc(Cl)cc1. The van der Waals surface area contributed by atoms with Crippen molar-refractivity contribution in [2.24, 2.45) is 0 Å². The minimum atomic E-state index is -3.58. The van der Waals surface area contributed by atoms with Gasteiger partial charge in [-0.05, 0) is 61.7 Å². The van der Waals surface area contributed by atoms with Crippen LogP contribution >= 0.6 is 11.6 Å². The summed E-state index contributed by atoms with van der Waals surface area (Å²) in [6.07, 6.45) is 1.52. The van der Waals surface area contributed by atoms with Crippen molar-refractivity contribution in [3.8, 4) is 5.75 Å². The van der Waals surface area contributed by atoms with Crippen molar-refractivity contribution < 1.29 is 17.9 Å². The average molecular weight is 425 g/mol. The second-order valence-corrected chi connectivity index (χ2v) is 9.12. The Morgan fingerprint density at radius 2 is 1.79 bits per heavy atom. The molecule has 1 N–H and O–H groups in total. The van der Waals surface area contributed by atoms with Crippen molar-refractivity contribution in [2.45, 2.75) is 24.7 Å². The van der Waals surface area contributed by atoms with Crippen LogP contribution in [0.5, 0.6) is 5.75 Å². The molecule has 0 saturated carbocycles. The number of carbonyl (C=O) groups excluding carboxylic acids is 1. The van der Waals surface area contributed by atoms with Gasteiger partial charge in [0.05, 0.1) is 11.5 Å². The molecule has 6 nitrogen and oxygen atoms in total. The van der Waals surface area contributed by atoms with Gasteiger partial charge in [-0.3, -0.25) is 4.79 Å². The van der Waals surface area contributed by atoms with E-state index in [0.29, 0.717) is 23.7 Å². The molecule has 0 aliphatic heterocycles. The Hall–Kier alpha value is -2.09. The third kappa shape index (κ3) is 5.95. The lowest BCUT2D eigenvalue weighted by Gasteiger charge is -2.14. The molecule has 0 atom stereocenters. The first-order valence-electron chi connectivity index (χ1n) is 8.91. The Morgan fingerprint density at radius 3 is 2.43 bits per heavy atom. The van der Waals surface area contributed by atoms with Gasteiger partial charge in [-0.2, -0.15) is 0 Å². The van der Waals surface area contributed by atoms with Gasteiger partial charge in [-0.25, -0.2) is 12.7 Å². The van der Waals surface area contributed by atoms with E-state index in [-0.39, 0.29) is 10.8 Å². The van der Waals surface area contributed by atoms with Crippen molar-refractivity contribution in [1.82, 2.24) is 9.62 Å². The molecule has 0 aliphatic carbocycles. The largest absolute Gasteiger partial charge is 0.494 e. The van der Waals surface area contributed by atoms with Crippen LogP contribution in [0.25, 0.3) is 0 Å². The van der Waals surface area contributed by atoms with Gasteiger partial charge in [-0.15, -0.1) is 0 Å². The van der Waals surface area contributed by atoms with Crippen LogP contribution in [0.1, 0.15) is 28.8 Å². The Balaban J connectivity index is 1.83. The zero-order valence-corrected chi connectivity index (χ0v) is 17.8. The van der Waals surface area contributed by atoms with Crippen LogP contribution in [-0.2, 0) is 10.0 Å². The molecule has 1 amide bonds. The minimum Gasteiger partial charge on any atom is -0.494 e. The molecule has 2 aromatic carbocycles. The number of rotatable bonds is 9. The maximum atomic E-state index is 12.4. The fourth-order valence-electron chi connectivity index (χ4n) is 2.46. The van der Waals surface area contributed by atoms with E-state index in [1.807, 2.05) is 12.1 Å². The number of amides is 1. The first kappa shape index (κ1) is 22.2. The van der Waals surface area contributed by atoms with Crippen molar-refractivity contribution in [3.63, 3.8) is 0 Å². The summed E-state index contributed by atoms with van der Waals surface area (Å²) < 4.78 is 31.2. The Morgan fingerprint density at radius 1 is 1.11 bits per heavy atom. The number of aryl methyl sites for hydroxylation is 1. The normalized spacial score (nSPS) is 11.5. The fraction of sp³-hybridized carbons (Fsp3) is 0.350. The monoisotopic (exact) mass is 424 g/mol. The zero-order chi connectivity index (χ0) is 20.7. The second kappa shape index (κ2) is 9.91. The summed E-state index contributed by atoms with van der Waals surface area (Å²) in [7, 11) is -0.664. The fourth-order valence-corrected chi connectivity index (χ4v) is 3.52. The van der Waals surface area contributed by atoms with E-state index in [0.717, 1.165) is 28.5 Å². The van der Waals surface area contributed by atoms with Crippen LogP contribution in [0.2, 0.25) is 5.02 Å². The first-order valence-corrected chi connectivity index (χ1v) is 10.7. The van der Waals surface area contributed by atoms with E-state index in [4.69, 9.17) is 16.3 Å². The number of halogens is 1. The standard InChI is InChI=1S/C20H25ClN2O4S/c1-15-6-11-18(28(25,26)23(2)3)14-19(15)20(24)22-12-4-5-13-27-17-9-7-16(21)8-10-17/h6-11,14H,4-5,12-13H2,1-3H3,(H,22,24). The maximum absolute atomic E-state index is 12.4. The van der Waals surface area contributed by atoms with E-state index in [1.54, 1.807) is 25.1 Å². The van der Waals surface area contributed by atoms with Crippen LogP contribution in [0.15, 0.2) is 47.4 Å². The lowest BCUT2D eigenvalue weighted by molar-refractivity contribution is 0.0951. The van der Waals surface area contributed by atoms with Gasteiger partial charge in [0, 0.05) is 31.2 Å². The van der Waals surface area contributed by atoms with E-state index >= 15 is 0 Å². The highest BCUT2D eigenvalue weighted by molar-refractivity contribution is 7.89. The van der Waals surface area contributed by atoms with Crippen molar-refractivity contribution in [1.29, 1.82) is 0 Å². The number of ether oxygens (including phenoxy) is 1. The maximum Gasteiger partial charge on any atom is 0.251 e. The Bertz CT molecular complexity index is 912. The lowest BCUT2D eigenvalue weighted by Crippen LogP contribution is -2.27. The van der Waals surface area contributed by atoms with Gasteiger partial charge < -0.3 is 10.1 Å². The van der Waals surface area contributed by atoms with E-state index < -0.39 is 10.0 Å². The quantitative estimate of drug-likeness (QED) is 0.625. The smallest absolute Gasteiger partial charge is 0.251 e. The minimum absolute atomic E-state index is 0.101. The summed E-state index contributed by atoms with van der Waals surface area (Å²) in [5.74, 6) is 0.468. The van der Waals surface area contributed by atoms with Gasteiger partial charge >= 0.3 is 0 Å². The van der Waals surface area contributed by atoms with Gasteiger partial charge in [0.15, 0.2) is 0 Å². The van der Waals surface area contributed by atoms with Crippen LogP contribution in [0.4, 0.5) is 0 Å². The average Bonchev–Trinajstić information content (AvgIpc) is 2.65. The van der Waals surface area contributed by atoms with Crippen molar-refractivity contribution in [3.05, 3.63) is 58.6 Å². The van der Waals surface area contributed by atoms with Gasteiger partial charge in [-0.1, -0.05) is 17.7 Å². The third-order valence-corrected chi connectivity index (χ3v) is 6.23.